The van der Waals surface area contributed by atoms with Gasteiger partial charge in [0.2, 0.25) is 0 Å². The Balaban J connectivity index is 0.00000392. The van der Waals surface area contributed by atoms with Crippen LogP contribution in [0.25, 0.3) is 0 Å². The minimum atomic E-state index is 0. The Bertz CT molecular complexity index is 546. The minimum absolute atomic E-state index is 0. The van der Waals surface area contributed by atoms with Gasteiger partial charge in [0.1, 0.15) is 11.5 Å². The van der Waals surface area contributed by atoms with E-state index in [9.17, 15) is 0 Å². The zero-order chi connectivity index (χ0) is 19.3. The van der Waals surface area contributed by atoms with Crippen LogP contribution in [0.1, 0.15) is 39.5 Å². The summed E-state index contributed by atoms with van der Waals surface area (Å²) in [5.74, 6) is 2.63. The molecular weight excluding hydrogens is 467 g/mol. The van der Waals surface area contributed by atoms with Gasteiger partial charge in [-0.05, 0) is 57.0 Å². The van der Waals surface area contributed by atoms with E-state index in [2.05, 4.69) is 29.4 Å². The zero-order valence-corrected chi connectivity index (χ0v) is 19.9. The molecule has 160 valence electrons. The maximum absolute atomic E-state index is 5.76. The average molecular weight is 504 g/mol. The van der Waals surface area contributed by atoms with E-state index in [-0.39, 0.29) is 24.0 Å². The van der Waals surface area contributed by atoms with Crippen LogP contribution in [0.2, 0.25) is 0 Å². The molecule has 1 aliphatic heterocycles. The standard InChI is InChI=1S/C21H36N4O2.HI/c1-4-14-25-15-11-18(12-16-25)24-21(22-5-2)23-13-6-17-27-20-9-7-19(26-3)8-10-20;/h7-10,18H,4-6,11-17H2,1-3H3,(H2,22,23,24);1H. The molecule has 0 amide bonds. The highest BCUT2D eigenvalue weighted by Crippen LogP contribution is 2.17. The fourth-order valence-corrected chi connectivity index (χ4v) is 3.25. The first-order valence-electron chi connectivity index (χ1n) is 10.3. The second-order valence-corrected chi connectivity index (χ2v) is 6.90. The van der Waals surface area contributed by atoms with Gasteiger partial charge in [-0.25, -0.2) is 0 Å². The Labute approximate surface area is 187 Å². The van der Waals surface area contributed by atoms with Crippen molar-refractivity contribution in [2.45, 2.75) is 45.6 Å². The van der Waals surface area contributed by atoms with Crippen molar-refractivity contribution in [1.29, 1.82) is 0 Å². The Morgan fingerprint density at radius 2 is 1.82 bits per heavy atom. The first-order valence-corrected chi connectivity index (χ1v) is 10.3. The van der Waals surface area contributed by atoms with E-state index in [0.29, 0.717) is 12.6 Å². The number of nitrogens with zero attached hydrogens (tertiary/aromatic N) is 2. The summed E-state index contributed by atoms with van der Waals surface area (Å²) < 4.78 is 10.9. The van der Waals surface area contributed by atoms with Gasteiger partial charge in [0.05, 0.1) is 13.7 Å². The fraction of sp³-hybridized carbons (Fsp3) is 0.667. The maximum Gasteiger partial charge on any atom is 0.191 e. The van der Waals surface area contributed by atoms with Crippen molar-refractivity contribution in [3.63, 3.8) is 0 Å². The molecule has 0 bridgehead atoms. The fourth-order valence-electron chi connectivity index (χ4n) is 3.25. The van der Waals surface area contributed by atoms with Crippen LogP contribution in [-0.4, -0.2) is 63.3 Å². The van der Waals surface area contributed by atoms with Crippen LogP contribution in [0.5, 0.6) is 11.5 Å². The topological polar surface area (TPSA) is 58.1 Å². The first-order chi connectivity index (χ1) is 13.2. The highest BCUT2D eigenvalue weighted by atomic mass is 127. The molecule has 1 heterocycles. The molecular formula is C21H37IN4O2. The number of nitrogens with one attached hydrogen (secondary N) is 2. The van der Waals surface area contributed by atoms with Gasteiger partial charge in [-0.2, -0.15) is 0 Å². The molecule has 0 radical (unpaired) electrons. The van der Waals surface area contributed by atoms with Gasteiger partial charge in [-0.3, -0.25) is 4.99 Å². The monoisotopic (exact) mass is 504 g/mol. The number of methoxy groups -OCH3 is 1. The van der Waals surface area contributed by atoms with Gasteiger partial charge in [-0.1, -0.05) is 6.92 Å². The molecule has 0 aliphatic carbocycles. The number of halogens is 1. The number of rotatable bonds is 10. The molecule has 0 aromatic heterocycles. The molecule has 0 atom stereocenters. The molecule has 2 N–H and O–H groups in total. The van der Waals surface area contributed by atoms with E-state index in [1.54, 1.807) is 7.11 Å². The summed E-state index contributed by atoms with van der Waals surface area (Å²) >= 11 is 0. The highest BCUT2D eigenvalue weighted by Gasteiger charge is 2.19. The van der Waals surface area contributed by atoms with Crippen molar-refractivity contribution in [2.24, 2.45) is 4.99 Å². The maximum atomic E-state index is 5.76. The number of benzene rings is 1. The summed E-state index contributed by atoms with van der Waals surface area (Å²) in [7, 11) is 1.67. The molecule has 1 saturated heterocycles. The molecule has 7 heteroatoms. The van der Waals surface area contributed by atoms with Gasteiger partial charge < -0.3 is 25.0 Å². The van der Waals surface area contributed by atoms with Crippen LogP contribution >= 0.6 is 24.0 Å². The quantitative estimate of drug-likeness (QED) is 0.221. The van der Waals surface area contributed by atoms with Crippen molar-refractivity contribution in [3.8, 4) is 11.5 Å². The van der Waals surface area contributed by atoms with Crippen molar-refractivity contribution in [1.82, 2.24) is 15.5 Å². The Morgan fingerprint density at radius 1 is 1.14 bits per heavy atom. The average Bonchev–Trinajstić information content (AvgIpc) is 2.70. The Hall–Kier alpha value is -1.22. The number of piperidine rings is 1. The SMILES string of the molecule is CCCN1CCC(NC(=NCCCOc2ccc(OC)cc2)NCC)CC1.I. The third-order valence-corrected chi connectivity index (χ3v) is 4.71. The second-order valence-electron chi connectivity index (χ2n) is 6.90. The van der Waals surface area contributed by atoms with Crippen LogP contribution in [0.4, 0.5) is 0 Å². The minimum Gasteiger partial charge on any atom is -0.497 e. The summed E-state index contributed by atoms with van der Waals surface area (Å²) in [5, 5.41) is 6.96. The van der Waals surface area contributed by atoms with Gasteiger partial charge in [0.25, 0.3) is 0 Å². The molecule has 1 aromatic carbocycles. The second kappa shape index (κ2) is 14.7. The predicted octanol–water partition coefficient (Wildman–Crippen LogP) is 3.51. The summed E-state index contributed by atoms with van der Waals surface area (Å²) in [4.78, 5) is 7.26. The van der Waals surface area contributed by atoms with Gasteiger partial charge in [-0.15, -0.1) is 24.0 Å². The lowest BCUT2D eigenvalue weighted by atomic mass is 10.1. The lowest BCUT2D eigenvalue weighted by Crippen LogP contribution is -2.48. The summed E-state index contributed by atoms with van der Waals surface area (Å²) in [6.45, 7) is 10.2. The lowest BCUT2D eigenvalue weighted by Gasteiger charge is -2.32. The van der Waals surface area contributed by atoms with Crippen LogP contribution in [0, 0.1) is 0 Å². The Kier molecular flexibility index (Phi) is 13.1. The summed E-state index contributed by atoms with van der Waals surface area (Å²) in [5.41, 5.74) is 0. The van der Waals surface area contributed by atoms with Gasteiger partial charge in [0, 0.05) is 38.6 Å². The summed E-state index contributed by atoms with van der Waals surface area (Å²) in [6.07, 6.45) is 4.49. The molecule has 0 saturated carbocycles. The van der Waals surface area contributed by atoms with Crippen LogP contribution in [0.15, 0.2) is 29.3 Å². The van der Waals surface area contributed by atoms with Crippen LogP contribution in [-0.2, 0) is 0 Å². The third-order valence-electron chi connectivity index (χ3n) is 4.71. The van der Waals surface area contributed by atoms with Crippen LogP contribution < -0.4 is 20.1 Å². The molecule has 0 unspecified atom stereocenters. The normalized spacial score (nSPS) is 15.6. The highest BCUT2D eigenvalue weighted by molar-refractivity contribution is 14.0. The summed E-state index contributed by atoms with van der Waals surface area (Å²) in [6, 6.07) is 8.20. The number of likely N-dealkylation sites (tertiary alicyclic amines) is 1. The molecule has 6 nitrogen and oxygen atoms in total. The number of hydrogen-bond donors (Lipinski definition) is 2. The smallest absolute Gasteiger partial charge is 0.191 e. The molecule has 28 heavy (non-hydrogen) atoms. The number of ether oxygens (including phenoxy) is 2. The lowest BCUT2D eigenvalue weighted by molar-refractivity contribution is 0.206. The van der Waals surface area contributed by atoms with E-state index in [1.165, 1.54) is 38.9 Å². The van der Waals surface area contributed by atoms with Crippen molar-refractivity contribution < 1.29 is 9.47 Å². The Morgan fingerprint density at radius 3 is 2.43 bits per heavy atom. The van der Waals surface area contributed by atoms with E-state index in [4.69, 9.17) is 14.5 Å². The number of hydrogen-bond acceptors (Lipinski definition) is 4. The third kappa shape index (κ3) is 9.32. The van der Waals surface area contributed by atoms with Gasteiger partial charge in [0.15, 0.2) is 5.96 Å². The van der Waals surface area contributed by atoms with Crippen LogP contribution in [0.3, 0.4) is 0 Å². The first kappa shape index (κ1) is 24.8. The van der Waals surface area contributed by atoms with E-state index >= 15 is 0 Å². The molecule has 1 aliphatic rings. The predicted molar refractivity (Wildman–Crippen MR) is 127 cm³/mol. The van der Waals surface area contributed by atoms with Crippen molar-refractivity contribution in [3.05, 3.63) is 24.3 Å². The van der Waals surface area contributed by atoms with E-state index in [0.717, 1.165) is 37.0 Å². The van der Waals surface area contributed by atoms with Crippen molar-refractivity contribution >= 4 is 29.9 Å². The molecule has 1 aromatic rings. The number of guanidine groups is 1. The van der Waals surface area contributed by atoms with E-state index in [1.807, 2.05) is 24.3 Å². The number of aliphatic imine (C=N–C) groups is 1. The van der Waals surface area contributed by atoms with Crippen molar-refractivity contribution in [2.75, 3.05) is 46.4 Å². The van der Waals surface area contributed by atoms with E-state index < -0.39 is 0 Å². The van der Waals surface area contributed by atoms with Gasteiger partial charge >= 0.3 is 0 Å². The zero-order valence-electron chi connectivity index (χ0n) is 17.6. The molecule has 2 rings (SSSR count). The molecule has 1 fully saturated rings. The largest absolute Gasteiger partial charge is 0.497 e. The molecule has 0 spiro atoms.